The largest absolute Gasteiger partial charge is 0.434 e. The Hall–Kier alpha value is -3.03. The highest BCUT2D eigenvalue weighted by Crippen LogP contribution is 2.29. The maximum atomic E-state index is 13.8. The topological polar surface area (TPSA) is 82.6 Å². The molecular weight excluding hydrogens is 279 g/mol. The van der Waals surface area contributed by atoms with E-state index in [1.807, 2.05) is 13.0 Å². The van der Waals surface area contributed by atoms with Gasteiger partial charge in [-0.15, -0.1) is 0 Å². The van der Waals surface area contributed by atoms with Gasteiger partial charge in [0.15, 0.2) is 11.6 Å². The average molecular weight is 288 g/mol. The highest BCUT2D eigenvalue weighted by molar-refractivity contribution is 5.62. The highest BCUT2D eigenvalue weighted by atomic mass is 19.1. The van der Waals surface area contributed by atoms with Crippen LogP contribution in [0.15, 0.2) is 36.8 Å². The fraction of sp³-hybridized carbons (Fsp3) is 0.0769. The zero-order valence-corrected chi connectivity index (χ0v) is 10.9. The van der Waals surface area contributed by atoms with Crippen molar-refractivity contribution in [1.29, 1.82) is 0 Å². The predicted molar refractivity (Wildman–Crippen MR) is 70.9 cm³/mol. The average Bonchev–Trinajstić information content (AvgIpc) is 2.83. The van der Waals surface area contributed by atoms with Gasteiger partial charge in [0, 0.05) is 12.3 Å². The molecule has 1 aromatic carbocycles. The van der Waals surface area contributed by atoms with Crippen molar-refractivity contribution in [2.45, 2.75) is 6.92 Å². The van der Waals surface area contributed by atoms with E-state index in [0.29, 0.717) is 5.52 Å². The molecule has 0 saturated carbocycles. The predicted octanol–water partition coefficient (Wildman–Crippen LogP) is 2.88. The van der Waals surface area contributed by atoms with Crippen molar-refractivity contribution in [1.82, 2.24) is 14.6 Å². The van der Waals surface area contributed by atoms with Crippen LogP contribution in [0.25, 0.3) is 5.52 Å². The van der Waals surface area contributed by atoms with Crippen LogP contribution < -0.4 is 4.74 Å². The molecule has 0 unspecified atom stereocenters. The maximum absolute atomic E-state index is 13.8. The van der Waals surface area contributed by atoms with Crippen LogP contribution in [0.4, 0.5) is 10.1 Å². The van der Waals surface area contributed by atoms with E-state index in [1.165, 1.54) is 18.5 Å². The number of hydrogen-bond donors (Lipinski definition) is 0. The number of aryl methyl sites for hydroxylation is 1. The van der Waals surface area contributed by atoms with Gasteiger partial charge < -0.3 is 4.74 Å². The van der Waals surface area contributed by atoms with Gasteiger partial charge in [0.05, 0.1) is 11.0 Å². The fourth-order valence-corrected chi connectivity index (χ4v) is 1.94. The van der Waals surface area contributed by atoms with Crippen LogP contribution in [0, 0.1) is 22.9 Å². The summed E-state index contributed by atoms with van der Waals surface area (Å²) in [5, 5.41) is 14.6. The normalized spacial score (nSPS) is 10.8. The third-order valence-electron chi connectivity index (χ3n) is 2.95. The van der Waals surface area contributed by atoms with Crippen LogP contribution in [-0.4, -0.2) is 19.5 Å². The molecule has 0 amide bonds. The molecule has 0 fully saturated rings. The molecule has 0 aliphatic carbocycles. The van der Waals surface area contributed by atoms with E-state index in [9.17, 15) is 14.5 Å². The summed E-state index contributed by atoms with van der Waals surface area (Å²) in [5.41, 5.74) is 1.13. The van der Waals surface area contributed by atoms with E-state index in [1.54, 1.807) is 10.7 Å². The Morgan fingerprint density at radius 2 is 2.19 bits per heavy atom. The van der Waals surface area contributed by atoms with E-state index in [4.69, 9.17) is 4.74 Å². The van der Waals surface area contributed by atoms with Crippen molar-refractivity contribution in [3.63, 3.8) is 0 Å². The first-order valence-electron chi connectivity index (χ1n) is 5.97. The standard InChI is InChI=1S/C13H9FN4O3/c1-8-4-5-17-12(8)13(15-7-16-17)21-11-3-2-9(18(19)20)6-10(11)14/h2-7H,1H3. The summed E-state index contributed by atoms with van der Waals surface area (Å²) in [6, 6.07) is 4.99. The first-order chi connectivity index (χ1) is 10.1. The zero-order chi connectivity index (χ0) is 15.0. The molecule has 7 nitrogen and oxygen atoms in total. The Morgan fingerprint density at radius 1 is 1.38 bits per heavy atom. The number of nitro benzene ring substituents is 1. The lowest BCUT2D eigenvalue weighted by Crippen LogP contribution is -1.98. The van der Waals surface area contributed by atoms with Crippen molar-refractivity contribution in [3.05, 3.63) is 58.3 Å². The Balaban J connectivity index is 2.03. The second-order valence-corrected chi connectivity index (χ2v) is 4.33. The van der Waals surface area contributed by atoms with Crippen molar-refractivity contribution >= 4 is 11.2 Å². The Kier molecular flexibility index (Phi) is 2.98. The number of halogens is 1. The molecule has 0 bridgehead atoms. The monoisotopic (exact) mass is 288 g/mol. The van der Waals surface area contributed by atoms with E-state index < -0.39 is 10.7 Å². The second kappa shape index (κ2) is 4.82. The molecular formula is C13H9FN4O3. The van der Waals surface area contributed by atoms with Gasteiger partial charge in [-0.25, -0.2) is 8.91 Å². The van der Waals surface area contributed by atoms with Crippen LogP contribution in [0.5, 0.6) is 11.6 Å². The molecule has 0 saturated heterocycles. The summed E-state index contributed by atoms with van der Waals surface area (Å²) in [7, 11) is 0. The van der Waals surface area contributed by atoms with E-state index in [2.05, 4.69) is 10.1 Å². The molecule has 2 aromatic heterocycles. The van der Waals surface area contributed by atoms with Crippen molar-refractivity contribution in [2.75, 3.05) is 0 Å². The van der Waals surface area contributed by atoms with Crippen LogP contribution in [0.1, 0.15) is 5.56 Å². The number of rotatable bonds is 3. The quantitative estimate of drug-likeness (QED) is 0.546. The molecule has 0 atom stereocenters. The number of aromatic nitrogens is 3. The van der Waals surface area contributed by atoms with Crippen LogP contribution >= 0.6 is 0 Å². The number of benzene rings is 1. The first-order valence-corrected chi connectivity index (χ1v) is 5.97. The van der Waals surface area contributed by atoms with Gasteiger partial charge >= 0.3 is 0 Å². The smallest absolute Gasteiger partial charge is 0.272 e. The molecule has 3 aromatic rings. The van der Waals surface area contributed by atoms with Crippen molar-refractivity contribution in [2.24, 2.45) is 0 Å². The molecule has 0 radical (unpaired) electrons. The summed E-state index contributed by atoms with van der Waals surface area (Å²) >= 11 is 0. The number of nitrogens with zero attached hydrogens (tertiary/aromatic N) is 4. The third-order valence-corrected chi connectivity index (χ3v) is 2.95. The molecule has 8 heteroatoms. The van der Waals surface area contributed by atoms with E-state index >= 15 is 0 Å². The summed E-state index contributed by atoms with van der Waals surface area (Å²) in [6.07, 6.45) is 3.01. The molecule has 106 valence electrons. The number of ether oxygens (including phenoxy) is 1. The minimum Gasteiger partial charge on any atom is -0.434 e. The summed E-state index contributed by atoms with van der Waals surface area (Å²) in [5.74, 6) is -0.785. The molecule has 0 aliphatic rings. The number of non-ortho nitro benzene ring substituents is 1. The second-order valence-electron chi connectivity index (χ2n) is 4.33. The lowest BCUT2D eigenvalue weighted by Gasteiger charge is -2.07. The van der Waals surface area contributed by atoms with Gasteiger partial charge in [0.1, 0.15) is 11.8 Å². The summed E-state index contributed by atoms with van der Waals surface area (Å²) in [6.45, 7) is 1.84. The van der Waals surface area contributed by atoms with Crippen LogP contribution in [0.3, 0.4) is 0 Å². The Bertz CT molecular complexity index is 847. The van der Waals surface area contributed by atoms with Gasteiger partial charge in [-0.2, -0.15) is 10.1 Å². The molecule has 0 spiro atoms. The summed E-state index contributed by atoms with van der Waals surface area (Å²) in [4.78, 5) is 13.9. The lowest BCUT2D eigenvalue weighted by molar-refractivity contribution is -0.385. The minimum absolute atomic E-state index is 0.137. The molecule has 0 aliphatic heterocycles. The zero-order valence-electron chi connectivity index (χ0n) is 10.9. The summed E-state index contributed by atoms with van der Waals surface area (Å²) < 4.78 is 20.8. The molecule has 2 heterocycles. The molecule has 3 rings (SSSR count). The van der Waals surface area contributed by atoms with Crippen LogP contribution in [0.2, 0.25) is 0 Å². The van der Waals surface area contributed by atoms with Gasteiger partial charge in [0.25, 0.3) is 5.69 Å². The van der Waals surface area contributed by atoms with Crippen LogP contribution in [-0.2, 0) is 0 Å². The number of hydrogen-bond acceptors (Lipinski definition) is 5. The number of nitro groups is 1. The Labute approximate surface area is 117 Å². The third kappa shape index (κ3) is 2.27. The van der Waals surface area contributed by atoms with Gasteiger partial charge in [-0.3, -0.25) is 10.1 Å². The van der Waals surface area contributed by atoms with E-state index in [-0.39, 0.29) is 17.3 Å². The van der Waals surface area contributed by atoms with Gasteiger partial charge in [-0.05, 0) is 24.6 Å². The highest BCUT2D eigenvalue weighted by Gasteiger charge is 2.15. The van der Waals surface area contributed by atoms with Crippen molar-refractivity contribution in [3.8, 4) is 11.6 Å². The fourth-order valence-electron chi connectivity index (χ4n) is 1.94. The Morgan fingerprint density at radius 3 is 2.90 bits per heavy atom. The number of fused-ring (bicyclic) bond motifs is 1. The SMILES string of the molecule is Cc1ccn2ncnc(Oc3ccc([N+](=O)[O-])cc3F)c12. The lowest BCUT2D eigenvalue weighted by atomic mass is 10.3. The van der Waals surface area contributed by atoms with Gasteiger partial charge in [-0.1, -0.05) is 0 Å². The van der Waals surface area contributed by atoms with Gasteiger partial charge in [0.2, 0.25) is 5.88 Å². The molecule has 21 heavy (non-hydrogen) atoms. The maximum Gasteiger partial charge on any atom is 0.272 e. The minimum atomic E-state index is -0.829. The first kappa shape index (κ1) is 13.0. The van der Waals surface area contributed by atoms with E-state index in [0.717, 1.165) is 11.6 Å². The van der Waals surface area contributed by atoms with Crippen molar-refractivity contribution < 1.29 is 14.1 Å². The molecule has 0 N–H and O–H groups in total.